The molecule has 0 aliphatic carbocycles. The Morgan fingerprint density at radius 2 is 2.14 bits per heavy atom. The number of rotatable bonds is 2. The summed E-state index contributed by atoms with van der Waals surface area (Å²) in [7, 11) is 0. The molecule has 0 aliphatic rings. The molecule has 0 aromatic rings. The van der Waals surface area contributed by atoms with E-state index in [1.165, 1.54) is 0 Å². The van der Waals surface area contributed by atoms with Crippen LogP contribution in [0.5, 0.6) is 0 Å². The molecule has 0 atom stereocenters. The van der Waals surface area contributed by atoms with E-state index >= 15 is 0 Å². The molecule has 0 aromatic heterocycles. The molecule has 0 aliphatic heterocycles. The van der Waals surface area contributed by atoms with Crippen LogP contribution in [0.3, 0.4) is 0 Å². The Labute approximate surface area is 49.1 Å². The van der Waals surface area contributed by atoms with Gasteiger partial charge >= 0.3 is 48.5 Å². The molecule has 0 saturated carbocycles. The Bertz CT molecular complexity index is 70.5. The van der Waals surface area contributed by atoms with Crippen molar-refractivity contribution in [3.63, 3.8) is 0 Å². The summed E-state index contributed by atoms with van der Waals surface area (Å²) in [6.45, 7) is 3.76. The molecule has 0 saturated heterocycles. The first-order valence-corrected chi connectivity index (χ1v) is 5.13. The molecule has 0 fully saturated rings. The molecular formula is C5H11CrO. The predicted octanol–water partition coefficient (Wildman–Crippen LogP) is 1.64. The van der Waals surface area contributed by atoms with Gasteiger partial charge in [-0.25, -0.2) is 0 Å². The van der Waals surface area contributed by atoms with Crippen LogP contribution < -0.4 is 0 Å². The van der Waals surface area contributed by atoms with Gasteiger partial charge < -0.3 is 0 Å². The van der Waals surface area contributed by atoms with Gasteiger partial charge in [0.2, 0.25) is 0 Å². The van der Waals surface area contributed by atoms with E-state index in [4.69, 9.17) is 0 Å². The maximum absolute atomic E-state index is 10.4. The molecule has 0 unspecified atom stereocenters. The van der Waals surface area contributed by atoms with Gasteiger partial charge in [-0.05, 0) is 0 Å². The Morgan fingerprint density at radius 3 is 2.14 bits per heavy atom. The summed E-state index contributed by atoms with van der Waals surface area (Å²) in [5, 5.41) is 1.09. The average Bonchev–Trinajstić information content (AvgIpc) is 1.65. The van der Waals surface area contributed by atoms with Gasteiger partial charge in [-0.1, -0.05) is 0 Å². The van der Waals surface area contributed by atoms with Crippen molar-refractivity contribution < 1.29 is 18.9 Å². The third kappa shape index (κ3) is 2.85. The zero-order chi connectivity index (χ0) is 5.86. The van der Waals surface area contributed by atoms with Gasteiger partial charge in [0.25, 0.3) is 0 Å². The zero-order valence-corrected chi connectivity index (χ0v) is 6.30. The Morgan fingerprint density at radius 1 is 1.71 bits per heavy atom. The summed E-state index contributed by atoms with van der Waals surface area (Å²) in [6.07, 6.45) is 0. The summed E-state index contributed by atoms with van der Waals surface area (Å²) in [5.41, 5.74) is 0. The minimum absolute atomic E-state index is 0.419. The number of hydrogen-bond donors (Lipinski definition) is 0. The third-order valence-electron chi connectivity index (χ3n) is 0.924. The van der Waals surface area contributed by atoms with Crippen LogP contribution in [0.4, 0.5) is 0 Å². The van der Waals surface area contributed by atoms with Gasteiger partial charge in [-0.3, -0.25) is 0 Å². The summed E-state index contributed by atoms with van der Waals surface area (Å²) >= 11 is -0.778. The standard InChI is InChI=1S/C2H3O.C2H5.CH3.Cr/c1-2-3;1-2;;/h1H3;1H2,2H3;1H3;. The second-order valence-electron chi connectivity index (χ2n) is 1.42. The van der Waals surface area contributed by atoms with Crippen LogP contribution in [-0.2, 0) is 18.9 Å². The number of carbonyl (C=O) groups excluding carboxylic acids is 1. The molecule has 1 nitrogen and oxygen atoms in total. The van der Waals surface area contributed by atoms with E-state index in [0.717, 1.165) is 5.28 Å². The van der Waals surface area contributed by atoms with Crippen LogP contribution in [-0.4, -0.2) is 4.65 Å². The van der Waals surface area contributed by atoms with E-state index in [1.54, 1.807) is 6.92 Å². The average molecular weight is 139 g/mol. The van der Waals surface area contributed by atoms with Gasteiger partial charge in [0, 0.05) is 0 Å². The van der Waals surface area contributed by atoms with Crippen LogP contribution in [0.25, 0.3) is 0 Å². The first kappa shape index (κ1) is 7.20. The SMILES string of the molecule is C[CH2][Cr]([CH3])[C](C)=O. The van der Waals surface area contributed by atoms with Crippen molar-refractivity contribution >= 4 is 4.65 Å². The fourth-order valence-corrected chi connectivity index (χ4v) is 0.838. The van der Waals surface area contributed by atoms with Crippen molar-refractivity contribution in [2.45, 2.75) is 24.9 Å². The van der Waals surface area contributed by atoms with Crippen LogP contribution in [0, 0.1) is 0 Å². The molecule has 0 bridgehead atoms. The molecular weight excluding hydrogens is 128 g/mol. The third-order valence-corrected chi connectivity index (χ3v) is 3.81. The molecule has 0 heterocycles. The molecule has 43 valence electrons. The first-order chi connectivity index (χ1) is 3.18. The van der Waals surface area contributed by atoms with Crippen molar-refractivity contribution in [3.05, 3.63) is 0 Å². The molecule has 7 heavy (non-hydrogen) atoms. The normalized spacial score (nSPS) is 9.71. The fourth-order valence-electron chi connectivity index (χ4n) is 0.203. The van der Waals surface area contributed by atoms with Crippen LogP contribution in [0.2, 0.25) is 11.1 Å². The summed E-state index contributed by atoms with van der Waals surface area (Å²) in [4.78, 5) is 10.4. The first-order valence-electron chi connectivity index (χ1n) is 2.31. The van der Waals surface area contributed by atoms with Gasteiger partial charge in [-0.2, -0.15) is 0 Å². The van der Waals surface area contributed by atoms with Crippen LogP contribution in [0.15, 0.2) is 0 Å². The number of carbonyl (C=O) groups is 1. The zero-order valence-electron chi connectivity index (χ0n) is 5.02. The molecule has 0 aromatic carbocycles. The van der Waals surface area contributed by atoms with E-state index in [2.05, 4.69) is 12.7 Å². The number of hydrogen-bond acceptors (Lipinski definition) is 1. The van der Waals surface area contributed by atoms with Gasteiger partial charge in [0.1, 0.15) is 0 Å². The maximum atomic E-state index is 10.4. The fraction of sp³-hybridized carbons (Fsp3) is 0.800. The van der Waals surface area contributed by atoms with E-state index in [1.807, 2.05) is 0 Å². The van der Waals surface area contributed by atoms with Gasteiger partial charge in [0.05, 0.1) is 0 Å². The van der Waals surface area contributed by atoms with Crippen molar-refractivity contribution in [2.75, 3.05) is 0 Å². The molecule has 0 spiro atoms. The summed E-state index contributed by atoms with van der Waals surface area (Å²) < 4.78 is 0.419. The van der Waals surface area contributed by atoms with Crippen LogP contribution >= 0.6 is 0 Å². The summed E-state index contributed by atoms with van der Waals surface area (Å²) in [5.74, 6) is 2.07. The monoisotopic (exact) mass is 139 g/mol. The van der Waals surface area contributed by atoms with Crippen molar-refractivity contribution in [3.8, 4) is 0 Å². The Balaban J connectivity index is 3.34. The Hall–Kier alpha value is 0.202. The van der Waals surface area contributed by atoms with Crippen molar-refractivity contribution in [1.82, 2.24) is 0 Å². The van der Waals surface area contributed by atoms with Crippen molar-refractivity contribution in [2.24, 2.45) is 0 Å². The van der Waals surface area contributed by atoms with Gasteiger partial charge in [0.15, 0.2) is 0 Å². The van der Waals surface area contributed by atoms with Crippen LogP contribution in [0.1, 0.15) is 13.8 Å². The molecule has 0 amide bonds. The minimum atomic E-state index is -0.778. The second kappa shape index (κ2) is 3.24. The van der Waals surface area contributed by atoms with E-state index in [0.29, 0.717) is 4.65 Å². The summed E-state index contributed by atoms with van der Waals surface area (Å²) in [6, 6.07) is 0. The van der Waals surface area contributed by atoms with E-state index < -0.39 is 14.1 Å². The quantitative estimate of drug-likeness (QED) is 0.568. The topological polar surface area (TPSA) is 17.1 Å². The van der Waals surface area contributed by atoms with Gasteiger partial charge in [-0.15, -0.1) is 0 Å². The second-order valence-corrected chi connectivity index (χ2v) is 5.21. The molecule has 0 N–H and O–H groups in total. The molecule has 2 heteroatoms. The predicted molar refractivity (Wildman–Crippen MR) is 27.0 cm³/mol. The van der Waals surface area contributed by atoms with Crippen molar-refractivity contribution in [1.29, 1.82) is 0 Å². The molecule has 0 rings (SSSR count). The molecule has 0 radical (unpaired) electrons. The van der Waals surface area contributed by atoms with E-state index in [-0.39, 0.29) is 0 Å². The Kier molecular flexibility index (Phi) is 3.33. The van der Waals surface area contributed by atoms with E-state index in [9.17, 15) is 4.79 Å².